The monoisotopic (exact) mass is 313 g/mol. The number of halogens is 1. The molecule has 0 saturated heterocycles. The maximum absolute atomic E-state index is 6.19. The van der Waals surface area contributed by atoms with Gasteiger partial charge in [-0.15, -0.1) is 0 Å². The lowest BCUT2D eigenvalue weighted by atomic mass is 10.0. The molecule has 0 heterocycles. The van der Waals surface area contributed by atoms with Gasteiger partial charge in [0, 0.05) is 10.5 Å². The number of ether oxygens (including phenoxy) is 1. The molecular formula is C15H24BrNO. The van der Waals surface area contributed by atoms with E-state index in [1.807, 2.05) is 12.1 Å². The number of hydrogen-bond donors (Lipinski definition) is 1. The predicted octanol–water partition coefficient (Wildman–Crippen LogP) is 4.30. The second-order valence-corrected chi connectivity index (χ2v) is 5.63. The number of nitrogens with two attached hydrogens (primary N) is 1. The van der Waals surface area contributed by atoms with Crippen molar-refractivity contribution >= 4 is 15.9 Å². The second-order valence-electron chi connectivity index (χ2n) is 4.77. The van der Waals surface area contributed by atoms with E-state index < -0.39 is 0 Å². The predicted molar refractivity (Wildman–Crippen MR) is 81.1 cm³/mol. The molecule has 1 atom stereocenters. The molecular weight excluding hydrogens is 290 g/mol. The van der Waals surface area contributed by atoms with Crippen molar-refractivity contribution in [1.82, 2.24) is 0 Å². The van der Waals surface area contributed by atoms with Crippen molar-refractivity contribution in [1.29, 1.82) is 0 Å². The lowest BCUT2D eigenvalue weighted by Gasteiger charge is -2.13. The lowest BCUT2D eigenvalue weighted by molar-refractivity contribution is 0.414. The first kappa shape index (κ1) is 15.5. The van der Waals surface area contributed by atoms with Crippen LogP contribution in [0.4, 0.5) is 0 Å². The highest BCUT2D eigenvalue weighted by Crippen LogP contribution is 2.24. The molecule has 2 nitrogen and oxygen atoms in total. The summed E-state index contributed by atoms with van der Waals surface area (Å²) in [5, 5.41) is 0. The number of methoxy groups -OCH3 is 1. The van der Waals surface area contributed by atoms with Gasteiger partial charge in [0.05, 0.1) is 7.11 Å². The van der Waals surface area contributed by atoms with Crippen LogP contribution in [0.5, 0.6) is 5.75 Å². The Kier molecular flexibility index (Phi) is 7.36. The molecule has 0 bridgehead atoms. The smallest absolute Gasteiger partial charge is 0.119 e. The third kappa shape index (κ3) is 5.40. The largest absolute Gasteiger partial charge is 0.497 e. The van der Waals surface area contributed by atoms with Crippen LogP contribution in [0.25, 0.3) is 0 Å². The van der Waals surface area contributed by atoms with Crippen molar-refractivity contribution in [3.05, 3.63) is 28.2 Å². The van der Waals surface area contributed by atoms with Gasteiger partial charge >= 0.3 is 0 Å². The molecule has 0 amide bonds. The van der Waals surface area contributed by atoms with E-state index in [9.17, 15) is 0 Å². The van der Waals surface area contributed by atoms with Gasteiger partial charge < -0.3 is 10.5 Å². The van der Waals surface area contributed by atoms with Crippen LogP contribution >= 0.6 is 15.9 Å². The van der Waals surface area contributed by atoms with Crippen molar-refractivity contribution in [2.24, 2.45) is 5.73 Å². The lowest BCUT2D eigenvalue weighted by Crippen LogP contribution is -2.22. The minimum absolute atomic E-state index is 0.241. The van der Waals surface area contributed by atoms with Crippen LogP contribution in [0.1, 0.15) is 44.6 Å². The summed E-state index contributed by atoms with van der Waals surface area (Å²) in [6, 6.07) is 6.29. The number of hydrogen-bond acceptors (Lipinski definition) is 2. The fourth-order valence-electron chi connectivity index (χ4n) is 2.05. The van der Waals surface area contributed by atoms with Gasteiger partial charge in [0.15, 0.2) is 0 Å². The van der Waals surface area contributed by atoms with E-state index >= 15 is 0 Å². The zero-order chi connectivity index (χ0) is 13.4. The molecule has 3 heteroatoms. The fourth-order valence-corrected chi connectivity index (χ4v) is 2.46. The molecule has 0 aromatic heterocycles. The Hall–Kier alpha value is -0.540. The molecule has 0 saturated carbocycles. The summed E-state index contributed by atoms with van der Waals surface area (Å²) in [7, 11) is 1.69. The molecule has 1 rings (SSSR count). The Bertz CT molecular complexity index is 354. The van der Waals surface area contributed by atoms with Gasteiger partial charge in [0.1, 0.15) is 5.75 Å². The second kappa shape index (κ2) is 8.54. The van der Waals surface area contributed by atoms with Crippen molar-refractivity contribution < 1.29 is 4.74 Å². The quantitative estimate of drug-likeness (QED) is 0.726. The normalized spacial score (nSPS) is 12.4. The van der Waals surface area contributed by atoms with Gasteiger partial charge in [-0.05, 0) is 36.6 Å². The molecule has 0 spiro atoms. The van der Waals surface area contributed by atoms with Gasteiger partial charge in [0.25, 0.3) is 0 Å². The highest BCUT2D eigenvalue weighted by molar-refractivity contribution is 9.10. The zero-order valence-electron chi connectivity index (χ0n) is 11.4. The van der Waals surface area contributed by atoms with Gasteiger partial charge in [-0.25, -0.2) is 0 Å². The minimum atomic E-state index is 0.241. The summed E-state index contributed by atoms with van der Waals surface area (Å²) in [6.07, 6.45) is 7.12. The first-order valence-corrected chi connectivity index (χ1v) is 7.54. The molecule has 18 heavy (non-hydrogen) atoms. The third-order valence-electron chi connectivity index (χ3n) is 3.16. The first-order valence-electron chi connectivity index (χ1n) is 6.75. The van der Waals surface area contributed by atoms with Crippen LogP contribution in [-0.2, 0) is 6.42 Å². The number of rotatable bonds is 8. The summed E-state index contributed by atoms with van der Waals surface area (Å²) in [4.78, 5) is 0. The third-order valence-corrected chi connectivity index (χ3v) is 3.94. The van der Waals surface area contributed by atoms with Crippen LogP contribution in [0.3, 0.4) is 0 Å². The van der Waals surface area contributed by atoms with Crippen molar-refractivity contribution in [2.75, 3.05) is 7.11 Å². The highest BCUT2D eigenvalue weighted by Gasteiger charge is 2.08. The van der Waals surface area contributed by atoms with Gasteiger partial charge in [0.2, 0.25) is 0 Å². The van der Waals surface area contributed by atoms with Crippen molar-refractivity contribution in [3.8, 4) is 5.75 Å². The maximum atomic E-state index is 6.19. The number of unbranched alkanes of at least 4 members (excludes halogenated alkanes) is 3. The van der Waals surface area contributed by atoms with Gasteiger partial charge in [-0.3, -0.25) is 0 Å². The van der Waals surface area contributed by atoms with Crippen LogP contribution in [0.2, 0.25) is 0 Å². The molecule has 2 N–H and O–H groups in total. The van der Waals surface area contributed by atoms with Crippen LogP contribution < -0.4 is 10.5 Å². The summed E-state index contributed by atoms with van der Waals surface area (Å²) in [6.45, 7) is 2.23. The van der Waals surface area contributed by atoms with E-state index in [4.69, 9.17) is 10.5 Å². The summed E-state index contributed by atoms with van der Waals surface area (Å²) in [5.74, 6) is 0.895. The van der Waals surface area contributed by atoms with E-state index in [1.54, 1.807) is 7.11 Å². The van der Waals surface area contributed by atoms with E-state index in [-0.39, 0.29) is 6.04 Å². The van der Waals surface area contributed by atoms with E-state index in [2.05, 4.69) is 28.9 Å². The molecule has 1 aromatic carbocycles. The molecule has 0 radical (unpaired) electrons. The van der Waals surface area contributed by atoms with E-state index in [0.717, 1.165) is 23.1 Å². The summed E-state index contributed by atoms with van der Waals surface area (Å²) in [5.41, 5.74) is 7.42. The average molecular weight is 314 g/mol. The van der Waals surface area contributed by atoms with Crippen LogP contribution in [0.15, 0.2) is 22.7 Å². The first-order chi connectivity index (χ1) is 8.67. The Morgan fingerprint density at radius 3 is 2.72 bits per heavy atom. The fraction of sp³-hybridized carbons (Fsp3) is 0.600. The van der Waals surface area contributed by atoms with Gasteiger partial charge in [-0.2, -0.15) is 0 Å². The van der Waals surface area contributed by atoms with Crippen molar-refractivity contribution in [2.45, 2.75) is 51.5 Å². The Balaban J connectivity index is 2.45. The average Bonchev–Trinajstić information content (AvgIpc) is 2.37. The Morgan fingerprint density at radius 2 is 2.06 bits per heavy atom. The van der Waals surface area contributed by atoms with Crippen molar-refractivity contribution in [3.63, 3.8) is 0 Å². The number of benzene rings is 1. The highest BCUT2D eigenvalue weighted by atomic mass is 79.9. The minimum Gasteiger partial charge on any atom is -0.497 e. The Labute approximate surface area is 119 Å². The molecule has 1 unspecified atom stereocenters. The molecule has 102 valence electrons. The topological polar surface area (TPSA) is 35.2 Å². The SMILES string of the molecule is CCCCCCC(N)Cc1cc(OC)ccc1Br. The zero-order valence-corrected chi connectivity index (χ0v) is 13.0. The molecule has 0 aliphatic carbocycles. The molecule has 0 fully saturated rings. The molecule has 0 aliphatic heterocycles. The van der Waals surface area contributed by atoms with E-state index in [0.29, 0.717) is 0 Å². The van der Waals surface area contributed by atoms with Crippen LogP contribution in [0, 0.1) is 0 Å². The molecule has 1 aromatic rings. The van der Waals surface area contributed by atoms with E-state index in [1.165, 1.54) is 31.2 Å². The summed E-state index contributed by atoms with van der Waals surface area (Å²) < 4.78 is 6.36. The summed E-state index contributed by atoms with van der Waals surface area (Å²) >= 11 is 3.57. The molecule has 0 aliphatic rings. The maximum Gasteiger partial charge on any atom is 0.119 e. The van der Waals surface area contributed by atoms with Gasteiger partial charge in [-0.1, -0.05) is 48.5 Å². The van der Waals surface area contributed by atoms with Crippen LogP contribution in [-0.4, -0.2) is 13.2 Å². The standard InChI is InChI=1S/C15H24BrNO/c1-3-4-5-6-7-13(17)10-12-11-14(18-2)8-9-15(12)16/h8-9,11,13H,3-7,10,17H2,1-2H3. The Morgan fingerprint density at radius 1 is 1.28 bits per heavy atom.